The molecule has 0 aliphatic rings. The maximum Gasteiger partial charge on any atom is 0.257 e. The molecule has 3 N–H and O–H groups in total. The van der Waals surface area contributed by atoms with Gasteiger partial charge in [-0.2, -0.15) is 0 Å². The average Bonchev–Trinajstić information content (AvgIpc) is 3.49. The lowest BCUT2D eigenvalue weighted by atomic mass is 10.1. The second-order valence-electron chi connectivity index (χ2n) is 7.84. The van der Waals surface area contributed by atoms with E-state index in [1.165, 1.54) is 18.2 Å². The van der Waals surface area contributed by atoms with Crippen molar-refractivity contribution in [3.8, 4) is 0 Å². The molecule has 0 spiro atoms. The lowest BCUT2D eigenvalue weighted by Crippen LogP contribution is -2.42. The number of H-pyrrole nitrogens is 2. The van der Waals surface area contributed by atoms with Crippen LogP contribution in [-0.2, 0) is 13.1 Å². The molecule has 7 heteroatoms. The molecule has 0 atom stereocenters. The number of hydrogen-bond acceptors (Lipinski definition) is 2. The minimum atomic E-state index is -0.469. The standard InChI is InChI=1S/C26H21FN4OS/c27-20-7-1-4-17(14-20)25(32)30-26(33)31(15-18-5-2-8-23-21(18)10-12-28-23)16-19-6-3-9-24-22(19)11-13-29-24/h1-14,28-29H,15-16H2,(H,30,32,33). The molecule has 0 saturated heterocycles. The van der Waals surface area contributed by atoms with Crippen LogP contribution in [0.25, 0.3) is 21.8 Å². The van der Waals surface area contributed by atoms with Gasteiger partial charge in [0.15, 0.2) is 5.11 Å². The zero-order valence-electron chi connectivity index (χ0n) is 17.6. The zero-order valence-corrected chi connectivity index (χ0v) is 18.5. The largest absolute Gasteiger partial charge is 0.361 e. The van der Waals surface area contributed by atoms with E-state index in [0.717, 1.165) is 32.9 Å². The van der Waals surface area contributed by atoms with E-state index in [1.54, 1.807) is 6.07 Å². The van der Waals surface area contributed by atoms with Gasteiger partial charge in [0.05, 0.1) is 0 Å². The smallest absolute Gasteiger partial charge is 0.257 e. The molecule has 3 aromatic carbocycles. The van der Waals surface area contributed by atoms with Crippen LogP contribution in [0.2, 0.25) is 0 Å². The highest BCUT2D eigenvalue weighted by Gasteiger charge is 2.18. The van der Waals surface area contributed by atoms with Crippen LogP contribution in [-0.4, -0.2) is 25.9 Å². The fraction of sp³-hybridized carbons (Fsp3) is 0.0769. The third-order valence-corrected chi connectivity index (χ3v) is 6.05. The molecule has 0 fully saturated rings. The van der Waals surface area contributed by atoms with Crippen molar-refractivity contribution in [2.24, 2.45) is 0 Å². The number of carbonyl (C=O) groups is 1. The number of carbonyl (C=O) groups excluding carboxylic acids is 1. The fourth-order valence-corrected chi connectivity index (χ4v) is 4.29. The first-order valence-electron chi connectivity index (χ1n) is 10.5. The Morgan fingerprint density at radius 3 is 2.00 bits per heavy atom. The highest BCUT2D eigenvalue weighted by molar-refractivity contribution is 7.80. The van der Waals surface area contributed by atoms with Crippen molar-refractivity contribution < 1.29 is 9.18 Å². The number of hydrogen-bond donors (Lipinski definition) is 3. The summed E-state index contributed by atoms with van der Waals surface area (Å²) in [6.45, 7) is 0.997. The van der Waals surface area contributed by atoms with Gasteiger partial charge in [-0.3, -0.25) is 10.1 Å². The summed E-state index contributed by atoms with van der Waals surface area (Å²) in [5.41, 5.74) is 4.46. The van der Waals surface area contributed by atoms with Gasteiger partial charge in [-0.1, -0.05) is 30.3 Å². The molecule has 5 aromatic rings. The predicted octanol–water partition coefficient (Wildman–Crippen LogP) is 5.51. The number of halogens is 1. The van der Waals surface area contributed by atoms with E-state index >= 15 is 0 Å². The van der Waals surface area contributed by atoms with Crippen LogP contribution in [0.15, 0.2) is 85.2 Å². The van der Waals surface area contributed by atoms with Crippen LogP contribution in [0, 0.1) is 5.82 Å². The summed E-state index contributed by atoms with van der Waals surface area (Å²) < 4.78 is 13.6. The van der Waals surface area contributed by atoms with Gasteiger partial charge >= 0.3 is 0 Å². The molecule has 0 bridgehead atoms. The Kier molecular flexibility index (Phi) is 5.62. The number of fused-ring (bicyclic) bond motifs is 2. The van der Waals surface area contributed by atoms with Gasteiger partial charge < -0.3 is 14.9 Å². The normalized spacial score (nSPS) is 11.1. The van der Waals surface area contributed by atoms with Gasteiger partial charge in [0.1, 0.15) is 5.82 Å². The van der Waals surface area contributed by atoms with Crippen molar-refractivity contribution in [2.75, 3.05) is 0 Å². The van der Waals surface area contributed by atoms with Crippen LogP contribution in [0.5, 0.6) is 0 Å². The summed E-state index contributed by atoms with van der Waals surface area (Å²) in [6.07, 6.45) is 3.81. The van der Waals surface area contributed by atoms with Gasteiger partial charge in [0.25, 0.3) is 5.91 Å². The van der Waals surface area contributed by atoms with Crippen LogP contribution in [0.1, 0.15) is 21.5 Å². The Hall–Kier alpha value is -3.97. The molecule has 0 unspecified atom stereocenters. The first-order chi connectivity index (χ1) is 16.1. The van der Waals surface area contributed by atoms with Crippen LogP contribution < -0.4 is 5.32 Å². The van der Waals surface area contributed by atoms with E-state index in [-0.39, 0.29) is 10.7 Å². The molecular weight excluding hydrogens is 435 g/mol. The Labute approximate surface area is 195 Å². The number of nitrogens with one attached hydrogen (secondary N) is 3. The summed E-state index contributed by atoms with van der Waals surface area (Å²) in [5.74, 6) is -0.909. The van der Waals surface area contributed by atoms with Crippen molar-refractivity contribution >= 4 is 45.0 Å². The number of aromatic nitrogens is 2. The van der Waals surface area contributed by atoms with E-state index in [1.807, 2.05) is 53.7 Å². The highest BCUT2D eigenvalue weighted by atomic mass is 32.1. The van der Waals surface area contributed by atoms with Crippen molar-refractivity contribution in [1.29, 1.82) is 0 Å². The lowest BCUT2D eigenvalue weighted by Gasteiger charge is -2.26. The van der Waals surface area contributed by atoms with E-state index in [9.17, 15) is 9.18 Å². The van der Waals surface area contributed by atoms with E-state index < -0.39 is 11.7 Å². The maximum absolute atomic E-state index is 13.6. The summed E-state index contributed by atoms with van der Waals surface area (Å²) >= 11 is 5.67. The second-order valence-corrected chi connectivity index (χ2v) is 8.22. The molecule has 2 aromatic heterocycles. The van der Waals surface area contributed by atoms with Crippen molar-refractivity contribution in [3.05, 3.63) is 108 Å². The van der Waals surface area contributed by atoms with Crippen LogP contribution in [0.4, 0.5) is 4.39 Å². The Morgan fingerprint density at radius 1 is 0.848 bits per heavy atom. The van der Waals surface area contributed by atoms with Crippen molar-refractivity contribution in [3.63, 3.8) is 0 Å². The van der Waals surface area contributed by atoms with E-state index in [2.05, 4.69) is 27.4 Å². The SMILES string of the molecule is O=C(NC(=S)N(Cc1cccc2[nH]ccc12)Cc1cccc2[nH]ccc12)c1cccc(F)c1. The van der Waals surface area contributed by atoms with Crippen molar-refractivity contribution in [1.82, 2.24) is 20.2 Å². The molecule has 2 heterocycles. The number of nitrogens with zero attached hydrogens (tertiary/aromatic N) is 1. The number of rotatable bonds is 5. The van der Waals surface area contributed by atoms with Gasteiger partial charge in [-0.05, 0) is 65.8 Å². The molecule has 0 aliphatic heterocycles. The number of benzene rings is 3. The minimum absolute atomic E-state index is 0.220. The summed E-state index contributed by atoms with van der Waals surface area (Å²) in [7, 11) is 0. The minimum Gasteiger partial charge on any atom is -0.361 e. The molecule has 0 radical (unpaired) electrons. The third kappa shape index (κ3) is 4.36. The Balaban J connectivity index is 1.46. The quantitative estimate of drug-likeness (QED) is 0.306. The molecule has 33 heavy (non-hydrogen) atoms. The van der Waals surface area contributed by atoms with Gasteiger partial charge in [0, 0.05) is 52.9 Å². The first-order valence-corrected chi connectivity index (χ1v) is 10.9. The fourth-order valence-electron chi connectivity index (χ4n) is 4.07. The van der Waals surface area contributed by atoms with Gasteiger partial charge in [-0.25, -0.2) is 4.39 Å². The van der Waals surface area contributed by atoms with Gasteiger partial charge in [0.2, 0.25) is 0 Å². The first kappa shape index (κ1) is 20.9. The lowest BCUT2D eigenvalue weighted by molar-refractivity contribution is 0.0972. The Bertz CT molecular complexity index is 1400. The molecule has 0 saturated carbocycles. The topological polar surface area (TPSA) is 63.9 Å². The maximum atomic E-state index is 13.6. The summed E-state index contributed by atoms with van der Waals surface area (Å²) in [6, 6.07) is 21.8. The predicted molar refractivity (Wildman–Crippen MR) is 132 cm³/mol. The molecule has 5 rings (SSSR count). The molecule has 164 valence electrons. The third-order valence-electron chi connectivity index (χ3n) is 5.69. The molecule has 1 amide bonds. The van der Waals surface area contributed by atoms with E-state index in [4.69, 9.17) is 12.2 Å². The average molecular weight is 457 g/mol. The zero-order chi connectivity index (χ0) is 22.8. The molecule has 0 aliphatic carbocycles. The van der Waals surface area contributed by atoms with Crippen LogP contribution in [0.3, 0.4) is 0 Å². The molecule has 5 nitrogen and oxygen atoms in total. The van der Waals surface area contributed by atoms with Gasteiger partial charge in [-0.15, -0.1) is 0 Å². The number of thiocarbonyl (C=S) groups is 1. The summed E-state index contributed by atoms with van der Waals surface area (Å²) in [4.78, 5) is 21.2. The van der Waals surface area contributed by atoms with E-state index in [0.29, 0.717) is 13.1 Å². The highest BCUT2D eigenvalue weighted by Crippen LogP contribution is 2.23. The second kappa shape index (κ2) is 8.88. The van der Waals surface area contributed by atoms with Crippen LogP contribution >= 0.6 is 12.2 Å². The van der Waals surface area contributed by atoms with Crippen molar-refractivity contribution in [2.45, 2.75) is 13.1 Å². The Morgan fingerprint density at radius 2 is 1.42 bits per heavy atom. The monoisotopic (exact) mass is 456 g/mol. The summed E-state index contributed by atoms with van der Waals surface area (Å²) in [5, 5.41) is 5.26. The number of amides is 1. The molecular formula is C26H21FN4OS. The number of aromatic amines is 2.